The van der Waals surface area contributed by atoms with Gasteiger partial charge < -0.3 is 15.4 Å². The predicted octanol–water partition coefficient (Wildman–Crippen LogP) is 2.29. The summed E-state index contributed by atoms with van der Waals surface area (Å²) in [5, 5.41) is 7.40. The maximum atomic E-state index is 12.2. The van der Waals surface area contributed by atoms with Crippen molar-refractivity contribution in [2.75, 3.05) is 19.0 Å². The van der Waals surface area contributed by atoms with Crippen LogP contribution in [0.4, 0.5) is 5.69 Å². The summed E-state index contributed by atoms with van der Waals surface area (Å²) in [6, 6.07) is 7.16. The number of thiophene rings is 1. The smallest absolute Gasteiger partial charge is 0.269 e. The first kappa shape index (κ1) is 13.6. The summed E-state index contributed by atoms with van der Waals surface area (Å²) < 4.78 is 5.14. The van der Waals surface area contributed by atoms with Crippen molar-refractivity contribution in [2.24, 2.45) is 0 Å². The van der Waals surface area contributed by atoms with Crippen LogP contribution in [0.25, 0.3) is 0 Å². The maximum Gasteiger partial charge on any atom is 0.269 e. The molecule has 0 unspecified atom stereocenters. The van der Waals surface area contributed by atoms with Crippen molar-refractivity contribution in [1.29, 1.82) is 0 Å². The van der Waals surface area contributed by atoms with Gasteiger partial charge in [-0.05, 0) is 35.6 Å². The number of rotatable bonds is 3. The molecule has 21 heavy (non-hydrogen) atoms. The van der Waals surface area contributed by atoms with E-state index in [1.165, 1.54) is 18.4 Å². The van der Waals surface area contributed by atoms with Gasteiger partial charge in [-0.1, -0.05) is 6.07 Å². The van der Waals surface area contributed by atoms with Crippen molar-refractivity contribution >= 4 is 28.8 Å². The van der Waals surface area contributed by atoms with Crippen LogP contribution in [-0.4, -0.2) is 25.5 Å². The average molecular weight is 302 g/mol. The molecule has 0 radical (unpaired) electrons. The molecule has 0 saturated carbocycles. The minimum Gasteiger partial charge on any atom is -0.495 e. The van der Waals surface area contributed by atoms with Gasteiger partial charge in [0.25, 0.3) is 11.8 Å². The molecule has 0 bridgehead atoms. The molecule has 0 spiro atoms. The lowest BCUT2D eigenvalue weighted by molar-refractivity contribution is 0.0944. The number of methoxy groups -OCH3 is 1. The first-order valence-corrected chi connectivity index (χ1v) is 7.41. The quantitative estimate of drug-likeness (QED) is 0.914. The van der Waals surface area contributed by atoms with E-state index in [1.54, 1.807) is 17.5 Å². The number of hydrogen-bond donors (Lipinski definition) is 2. The molecule has 5 nitrogen and oxygen atoms in total. The van der Waals surface area contributed by atoms with E-state index in [2.05, 4.69) is 10.6 Å². The Morgan fingerprint density at radius 2 is 2.24 bits per heavy atom. The third-order valence-corrected chi connectivity index (χ3v) is 4.24. The molecule has 0 saturated heterocycles. The Balaban J connectivity index is 1.84. The number of nitrogens with one attached hydrogen (secondary N) is 2. The fourth-order valence-corrected chi connectivity index (χ4v) is 3.05. The zero-order chi connectivity index (χ0) is 14.8. The van der Waals surface area contributed by atoms with Crippen molar-refractivity contribution in [3.05, 3.63) is 45.6 Å². The van der Waals surface area contributed by atoms with Crippen LogP contribution in [0.15, 0.2) is 29.6 Å². The molecule has 1 aromatic carbocycles. The third-order valence-electron chi connectivity index (χ3n) is 3.35. The highest BCUT2D eigenvalue weighted by Gasteiger charge is 2.18. The lowest BCUT2D eigenvalue weighted by Crippen LogP contribution is -2.31. The van der Waals surface area contributed by atoms with Gasteiger partial charge in [-0.2, -0.15) is 0 Å². The Kier molecular flexibility index (Phi) is 3.62. The van der Waals surface area contributed by atoms with Crippen molar-refractivity contribution in [1.82, 2.24) is 5.32 Å². The number of benzene rings is 1. The lowest BCUT2D eigenvalue weighted by atomic mass is 10.00. The molecule has 1 aromatic heterocycles. The summed E-state index contributed by atoms with van der Waals surface area (Å²) in [6.45, 7) is 0.657. The Hall–Kier alpha value is -2.34. The Bertz CT molecular complexity index is 709. The molecule has 2 aromatic rings. The van der Waals surface area contributed by atoms with Crippen LogP contribution < -0.4 is 15.4 Å². The summed E-state index contributed by atoms with van der Waals surface area (Å²) in [6.07, 6.45) is 0.814. The van der Waals surface area contributed by atoms with E-state index in [0.29, 0.717) is 28.4 Å². The SMILES string of the molecule is COc1ccsc1C(=O)Nc1ccc2c(c1)C(=O)NCC2. The molecule has 1 aliphatic heterocycles. The van der Waals surface area contributed by atoms with Gasteiger partial charge in [0, 0.05) is 17.8 Å². The lowest BCUT2D eigenvalue weighted by Gasteiger charge is -2.17. The molecule has 0 atom stereocenters. The highest BCUT2D eigenvalue weighted by molar-refractivity contribution is 7.12. The summed E-state index contributed by atoms with van der Waals surface area (Å²) in [5.74, 6) is 0.215. The van der Waals surface area contributed by atoms with Crippen LogP contribution in [-0.2, 0) is 6.42 Å². The summed E-state index contributed by atoms with van der Waals surface area (Å²) in [5.41, 5.74) is 2.23. The zero-order valence-corrected chi connectivity index (χ0v) is 12.3. The first-order chi connectivity index (χ1) is 10.2. The Morgan fingerprint density at radius 3 is 3.05 bits per heavy atom. The fraction of sp³-hybridized carbons (Fsp3) is 0.200. The molecule has 108 valence electrons. The second-order valence-electron chi connectivity index (χ2n) is 4.65. The van der Waals surface area contributed by atoms with Crippen LogP contribution in [0.5, 0.6) is 5.75 Å². The topological polar surface area (TPSA) is 67.4 Å². The minimum absolute atomic E-state index is 0.0962. The molecule has 6 heteroatoms. The predicted molar refractivity (Wildman–Crippen MR) is 81.3 cm³/mol. The molecular formula is C15H14N2O3S. The van der Waals surface area contributed by atoms with E-state index in [0.717, 1.165) is 12.0 Å². The fourth-order valence-electron chi connectivity index (χ4n) is 2.30. The number of amides is 2. The maximum absolute atomic E-state index is 12.2. The summed E-state index contributed by atoms with van der Waals surface area (Å²) >= 11 is 1.31. The second kappa shape index (κ2) is 5.57. The molecule has 2 amide bonds. The van der Waals surface area contributed by atoms with Crippen molar-refractivity contribution in [2.45, 2.75) is 6.42 Å². The number of fused-ring (bicyclic) bond motifs is 1. The van der Waals surface area contributed by atoms with E-state index < -0.39 is 0 Å². The Morgan fingerprint density at radius 1 is 1.38 bits per heavy atom. The largest absolute Gasteiger partial charge is 0.495 e. The Labute approximate surface area is 125 Å². The monoisotopic (exact) mass is 302 g/mol. The highest BCUT2D eigenvalue weighted by Crippen LogP contribution is 2.26. The summed E-state index contributed by atoms with van der Waals surface area (Å²) in [7, 11) is 1.53. The molecular weight excluding hydrogens is 288 g/mol. The molecule has 2 heterocycles. The van der Waals surface area contributed by atoms with Crippen LogP contribution in [0.3, 0.4) is 0 Å². The van der Waals surface area contributed by atoms with Crippen LogP contribution in [0.1, 0.15) is 25.6 Å². The molecule has 0 fully saturated rings. The molecule has 3 rings (SSSR count). The normalized spacial score (nSPS) is 13.3. The van der Waals surface area contributed by atoms with E-state index in [9.17, 15) is 9.59 Å². The van der Waals surface area contributed by atoms with Gasteiger partial charge in [-0.3, -0.25) is 9.59 Å². The van der Waals surface area contributed by atoms with Gasteiger partial charge in [0.1, 0.15) is 10.6 Å². The zero-order valence-electron chi connectivity index (χ0n) is 11.4. The molecule has 0 aliphatic carbocycles. The van der Waals surface area contributed by atoms with Gasteiger partial charge in [0.05, 0.1) is 7.11 Å². The number of anilines is 1. The van der Waals surface area contributed by atoms with Gasteiger partial charge >= 0.3 is 0 Å². The summed E-state index contributed by atoms with van der Waals surface area (Å²) in [4.78, 5) is 24.5. The van der Waals surface area contributed by atoms with Gasteiger partial charge in [-0.15, -0.1) is 11.3 Å². The minimum atomic E-state index is -0.238. The standard InChI is InChI=1S/C15H14N2O3S/c1-20-12-5-7-21-13(12)15(19)17-10-3-2-9-4-6-16-14(18)11(9)8-10/h2-3,5,7-8H,4,6H2,1H3,(H,16,18)(H,17,19). The van der Waals surface area contributed by atoms with Crippen molar-refractivity contribution in [3.63, 3.8) is 0 Å². The van der Waals surface area contributed by atoms with Crippen LogP contribution >= 0.6 is 11.3 Å². The third kappa shape index (κ3) is 2.62. The molecule has 1 aliphatic rings. The van der Waals surface area contributed by atoms with E-state index in [4.69, 9.17) is 4.74 Å². The van der Waals surface area contributed by atoms with Crippen LogP contribution in [0, 0.1) is 0 Å². The van der Waals surface area contributed by atoms with Gasteiger partial charge in [-0.25, -0.2) is 0 Å². The number of ether oxygens (including phenoxy) is 1. The van der Waals surface area contributed by atoms with Gasteiger partial charge in [0.15, 0.2) is 0 Å². The average Bonchev–Trinajstić information content (AvgIpc) is 2.97. The number of hydrogen-bond acceptors (Lipinski definition) is 4. The highest BCUT2D eigenvalue weighted by atomic mass is 32.1. The number of carbonyl (C=O) groups is 2. The molecule has 2 N–H and O–H groups in total. The van der Waals surface area contributed by atoms with Crippen LogP contribution in [0.2, 0.25) is 0 Å². The van der Waals surface area contributed by atoms with E-state index >= 15 is 0 Å². The second-order valence-corrected chi connectivity index (χ2v) is 5.57. The van der Waals surface area contributed by atoms with Crippen molar-refractivity contribution < 1.29 is 14.3 Å². The number of carbonyl (C=O) groups excluding carboxylic acids is 2. The van der Waals surface area contributed by atoms with E-state index in [-0.39, 0.29) is 11.8 Å². The van der Waals surface area contributed by atoms with Crippen molar-refractivity contribution in [3.8, 4) is 5.75 Å². The van der Waals surface area contributed by atoms with E-state index in [1.807, 2.05) is 12.1 Å². The van der Waals surface area contributed by atoms with Gasteiger partial charge in [0.2, 0.25) is 0 Å². The first-order valence-electron chi connectivity index (χ1n) is 6.53.